The first-order chi connectivity index (χ1) is 14.2. The summed E-state index contributed by atoms with van der Waals surface area (Å²) in [6.07, 6.45) is 6.31. The second-order valence-electron chi connectivity index (χ2n) is 5.64. The minimum atomic E-state index is -0.502. The van der Waals surface area contributed by atoms with Gasteiger partial charge in [-0.2, -0.15) is 5.10 Å². The fourth-order valence-corrected chi connectivity index (χ4v) is 4.34. The highest BCUT2D eigenvalue weighted by Crippen LogP contribution is 2.32. The van der Waals surface area contributed by atoms with E-state index in [1.165, 1.54) is 23.9 Å². The molecule has 0 saturated heterocycles. The van der Waals surface area contributed by atoms with Crippen LogP contribution in [0.5, 0.6) is 0 Å². The van der Waals surface area contributed by atoms with Crippen molar-refractivity contribution in [1.29, 1.82) is 0 Å². The van der Waals surface area contributed by atoms with Crippen LogP contribution < -0.4 is 10.6 Å². The van der Waals surface area contributed by atoms with Crippen molar-refractivity contribution >= 4 is 82.6 Å². The number of hydrogen-bond donors (Lipinski definition) is 2. The SMILES string of the molecule is C=C/C=C\C(Cl)=C(/C=C)n1nc(Br)cc1C(=O)Nc1c(Br)cc(Br)cc1C(=O)NC. The lowest BCUT2D eigenvalue weighted by atomic mass is 10.1. The zero-order chi connectivity index (χ0) is 22.4. The Morgan fingerprint density at radius 3 is 2.47 bits per heavy atom. The van der Waals surface area contributed by atoms with E-state index in [2.05, 4.69) is 76.7 Å². The lowest BCUT2D eigenvalue weighted by Crippen LogP contribution is -2.23. The number of hydrogen-bond acceptors (Lipinski definition) is 3. The number of anilines is 1. The van der Waals surface area contributed by atoms with Crippen LogP contribution in [0.3, 0.4) is 0 Å². The fraction of sp³-hybridized carbons (Fsp3) is 0.0500. The molecule has 10 heteroatoms. The van der Waals surface area contributed by atoms with Crippen LogP contribution in [0.25, 0.3) is 5.70 Å². The van der Waals surface area contributed by atoms with Gasteiger partial charge in [0.2, 0.25) is 0 Å². The monoisotopic (exact) mass is 616 g/mol. The second kappa shape index (κ2) is 10.9. The van der Waals surface area contributed by atoms with Gasteiger partial charge < -0.3 is 10.6 Å². The predicted molar refractivity (Wildman–Crippen MR) is 132 cm³/mol. The molecule has 30 heavy (non-hydrogen) atoms. The third kappa shape index (κ3) is 5.60. The average Bonchev–Trinajstić information content (AvgIpc) is 3.09. The van der Waals surface area contributed by atoms with Gasteiger partial charge in [0.05, 0.1) is 22.0 Å². The Balaban J connectivity index is 2.55. The molecule has 0 spiro atoms. The van der Waals surface area contributed by atoms with Gasteiger partial charge in [-0.25, -0.2) is 4.68 Å². The van der Waals surface area contributed by atoms with Crippen LogP contribution in [-0.4, -0.2) is 28.6 Å². The largest absolute Gasteiger partial charge is 0.355 e. The van der Waals surface area contributed by atoms with Crippen molar-refractivity contribution in [3.8, 4) is 0 Å². The molecule has 1 aromatic heterocycles. The van der Waals surface area contributed by atoms with E-state index in [0.717, 1.165) is 0 Å². The number of benzene rings is 1. The lowest BCUT2D eigenvalue weighted by Gasteiger charge is -2.14. The van der Waals surface area contributed by atoms with Gasteiger partial charge >= 0.3 is 0 Å². The normalized spacial score (nSPS) is 11.8. The summed E-state index contributed by atoms with van der Waals surface area (Å²) in [5.41, 5.74) is 1.17. The maximum Gasteiger partial charge on any atom is 0.274 e. The Hall–Kier alpha value is -1.94. The van der Waals surface area contributed by atoms with Crippen molar-refractivity contribution in [2.24, 2.45) is 0 Å². The molecule has 2 aromatic rings. The molecular weight excluding hydrogens is 603 g/mol. The van der Waals surface area contributed by atoms with E-state index in [0.29, 0.717) is 30.0 Å². The Morgan fingerprint density at radius 1 is 1.17 bits per heavy atom. The molecule has 1 heterocycles. The standard InChI is InChI=1S/C20H16Br3ClN4O2/c1-4-6-7-14(24)15(5-2)28-16(10-17(23)27-28)20(30)26-18-12(19(29)25-3)8-11(21)9-13(18)22/h4-10H,1-2H2,3H3,(H,25,29)(H,26,30)/b7-6-,15-14-. The van der Waals surface area contributed by atoms with E-state index in [-0.39, 0.29) is 17.2 Å². The number of carbonyl (C=O) groups excluding carboxylic acids is 2. The third-order valence-corrected chi connectivity index (χ3v) is 5.51. The van der Waals surface area contributed by atoms with Crippen molar-refractivity contribution in [2.75, 3.05) is 12.4 Å². The quantitative estimate of drug-likeness (QED) is 0.367. The number of carbonyl (C=O) groups is 2. The molecule has 0 aliphatic carbocycles. The molecule has 0 fully saturated rings. The summed E-state index contributed by atoms with van der Waals surface area (Å²) in [6, 6.07) is 4.87. The zero-order valence-electron chi connectivity index (χ0n) is 15.7. The molecule has 1 aromatic carbocycles. The molecule has 156 valence electrons. The van der Waals surface area contributed by atoms with Crippen LogP contribution in [0.4, 0.5) is 5.69 Å². The number of rotatable bonds is 7. The number of halogens is 4. The Labute approximate surface area is 204 Å². The van der Waals surface area contributed by atoms with Crippen LogP contribution in [0.15, 0.2) is 74.2 Å². The number of nitrogens with one attached hydrogen (secondary N) is 2. The van der Waals surface area contributed by atoms with Gasteiger partial charge in [-0.15, -0.1) is 0 Å². The summed E-state index contributed by atoms with van der Waals surface area (Å²) in [7, 11) is 1.51. The van der Waals surface area contributed by atoms with Gasteiger partial charge in [-0.3, -0.25) is 9.59 Å². The Bertz CT molecular complexity index is 1090. The van der Waals surface area contributed by atoms with E-state index in [4.69, 9.17) is 11.6 Å². The minimum Gasteiger partial charge on any atom is -0.355 e. The molecule has 6 nitrogen and oxygen atoms in total. The highest BCUT2D eigenvalue weighted by atomic mass is 79.9. The Morgan fingerprint density at radius 2 is 1.87 bits per heavy atom. The zero-order valence-corrected chi connectivity index (χ0v) is 21.2. The van der Waals surface area contributed by atoms with Crippen molar-refractivity contribution in [1.82, 2.24) is 15.1 Å². The summed E-state index contributed by atoms with van der Waals surface area (Å²) >= 11 is 16.4. The van der Waals surface area contributed by atoms with Crippen molar-refractivity contribution in [2.45, 2.75) is 0 Å². The molecule has 2 amide bonds. The first-order valence-corrected chi connectivity index (χ1v) is 11.1. The lowest BCUT2D eigenvalue weighted by molar-refractivity contribution is 0.0964. The van der Waals surface area contributed by atoms with Crippen LogP contribution in [0.1, 0.15) is 20.8 Å². The first-order valence-electron chi connectivity index (χ1n) is 8.33. The van der Waals surface area contributed by atoms with Gasteiger partial charge in [0, 0.05) is 22.1 Å². The maximum atomic E-state index is 13.1. The summed E-state index contributed by atoms with van der Waals surface area (Å²) < 4.78 is 2.98. The van der Waals surface area contributed by atoms with E-state index < -0.39 is 5.91 Å². The smallest absolute Gasteiger partial charge is 0.274 e. The summed E-state index contributed by atoms with van der Waals surface area (Å²) in [6.45, 7) is 7.36. The first kappa shape index (κ1) is 24.3. The average molecular weight is 620 g/mol. The molecule has 0 aliphatic heterocycles. The molecule has 0 atom stereocenters. The van der Waals surface area contributed by atoms with Gasteiger partial charge in [-0.1, -0.05) is 52.8 Å². The van der Waals surface area contributed by atoms with E-state index >= 15 is 0 Å². The van der Waals surface area contributed by atoms with E-state index in [1.54, 1.807) is 30.4 Å². The molecule has 0 bridgehead atoms. The van der Waals surface area contributed by atoms with Crippen molar-refractivity contribution < 1.29 is 9.59 Å². The topological polar surface area (TPSA) is 76.0 Å². The highest BCUT2D eigenvalue weighted by molar-refractivity contribution is 9.11. The van der Waals surface area contributed by atoms with Gasteiger partial charge in [0.15, 0.2) is 0 Å². The molecule has 0 saturated carbocycles. The van der Waals surface area contributed by atoms with Gasteiger partial charge in [0.25, 0.3) is 11.8 Å². The number of nitrogens with zero attached hydrogens (tertiary/aromatic N) is 2. The fourth-order valence-electron chi connectivity index (χ4n) is 2.41. The predicted octanol–water partition coefficient (Wildman–Crippen LogP) is 6.12. The maximum absolute atomic E-state index is 13.1. The molecule has 2 rings (SSSR count). The van der Waals surface area contributed by atoms with Crippen LogP contribution in [-0.2, 0) is 0 Å². The van der Waals surface area contributed by atoms with E-state index in [1.807, 2.05) is 0 Å². The van der Waals surface area contributed by atoms with E-state index in [9.17, 15) is 9.59 Å². The van der Waals surface area contributed by atoms with Crippen molar-refractivity contribution in [3.63, 3.8) is 0 Å². The number of amides is 2. The summed E-state index contributed by atoms with van der Waals surface area (Å²) in [4.78, 5) is 25.4. The summed E-state index contributed by atoms with van der Waals surface area (Å²) in [5.74, 6) is -0.857. The van der Waals surface area contributed by atoms with Gasteiger partial charge in [-0.05, 0) is 56.1 Å². The molecule has 0 unspecified atom stereocenters. The van der Waals surface area contributed by atoms with Gasteiger partial charge in [0.1, 0.15) is 10.3 Å². The highest BCUT2D eigenvalue weighted by Gasteiger charge is 2.22. The molecule has 0 aliphatic rings. The molecular formula is C20H16Br3ClN4O2. The molecule has 2 N–H and O–H groups in total. The van der Waals surface area contributed by atoms with Crippen LogP contribution in [0.2, 0.25) is 0 Å². The van der Waals surface area contributed by atoms with Crippen molar-refractivity contribution in [3.05, 3.63) is 85.5 Å². The molecule has 0 radical (unpaired) electrons. The van der Waals surface area contributed by atoms with Crippen LogP contribution in [0, 0.1) is 0 Å². The van der Waals surface area contributed by atoms with Crippen LogP contribution >= 0.6 is 59.4 Å². The third-order valence-electron chi connectivity index (χ3n) is 3.72. The summed E-state index contributed by atoms with van der Waals surface area (Å²) in [5, 5.41) is 9.92. The minimum absolute atomic E-state index is 0.180. The Kier molecular flexibility index (Phi) is 8.84. The number of allylic oxidation sites excluding steroid dienone is 6. The number of aromatic nitrogens is 2. The second-order valence-corrected chi connectivity index (χ2v) is 8.63.